The molecule has 0 saturated carbocycles. The second kappa shape index (κ2) is 8.52. The average Bonchev–Trinajstić information content (AvgIpc) is 3.44. The van der Waals surface area contributed by atoms with Gasteiger partial charge in [-0.1, -0.05) is 42.1 Å². The van der Waals surface area contributed by atoms with Crippen LogP contribution in [0.5, 0.6) is 0 Å². The van der Waals surface area contributed by atoms with E-state index in [0.717, 1.165) is 15.2 Å². The molecule has 0 aliphatic carbocycles. The Morgan fingerprint density at radius 2 is 1.90 bits per heavy atom. The predicted octanol–water partition coefficient (Wildman–Crippen LogP) is 4.65. The maximum absolute atomic E-state index is 12.5. The Bertz CT molecular complexity index is 1400. The van der Waals surface area contributed by atoms with Crippen molar-refractivity contribution in [2.45, 2.75) is 17.5 Å². The molecule has 5 rings (SSSR count). The van der Waals surface area contributed by atoms with Gasteiger partial charge >= 0.3 is 0 Å². The van der Waals surface area contributed by atoms with Crippen molar-refractivity contribution in [3.8, 4) is 11.6 Å². The van der Waals surface area contributed by atoms with Gasteiger partial charge in [0.1, 0.15) is 5.65 Å². The standard InChI is InChI=1S/C22H16BrN5O2S/c23-16-8-9-19-24-17(11-20(29)27(19)13-16)14-31-22-26-25-21(18-7-4-10-30-18)28(22)12-15-5-2-1-3-6-15/h1-11,13H,12,14H2. The number of thioether (sulfide) groups is 1. The van der Waals surface area contributed by atoms with E-state index in [2.05, 4.69) is 43.2 Å². The highest BCUT2D eigenvalue weighted by Gasteiger charge is 2.17. The lowest BCUT2D eigenvalue weighted by atomic mass is 10.2. The molecule has 31 heavy (non-hydrogen) atoms. The molecule has 0 aliphatic rings. The third-order valence-electron chi connectivity index (χ3n) is 4.67. The van der Waals surface area contributed by atoms with Crippen LogP contribution in [0.4, 0.5) is 0 Å². The maximum Gasteiger partial charge on any atom is 0.258 e. The van der Waals surface area contributed by atoms with Crippen molar-refractivity contribution in [1.82, 2.24) is 24.1 Å². The zero-order valence-corrected chi connectivity index (χ0v) is 18.6. The molecule has 0 amide bonds. The van der Waals surface area contributed by atoms with E-state index >= 15 is 0 Å². The summed E-state index contributed by atoms with van der Waals surface area (Å²) in [5.74, 6) is 1.81. The smallest absolute Gasteiger partial charge is 0.258 e. The Balaban J connectivity index is 1.46. The number of pyridine rings is 1. The molecule has 7 nitrogen and oxygen atoms in total. The minimum absolute atomic E-state index is 0.121. The fraction of sp³-hybridized carbons (Fsp3) is 0.0909. The number of fused-ring (bicyclic) bond motifs is 1. The number of aromatic nitrogens is 5. The third kappa shape index (κ3) is 4.19. The van der Waals surface area contributed by atoms with Gasteiger partial charge in [-0.15, -0.1) is 10.2 Å². The number of hydrogen-bond acceptors (Lipinski definition) is 6. The summed E-state index contributed by atoms with van der Waals surface area (Å²) in [6, 6.07) is 19.0. The zero-order valence-electron chi connectivity index (χ0n) is 16.2. The van der Waals surface area contributed by atoms with Gasteiger partial charge in [0.05, 0.1) is 18.5 Å². The van der Waals surface area contributed by atoms with Crippen molar-refractivity contribution in [1.29, 1.82) is 0 Å². The fourth-order valence-electron chi connectivity index (χ4n) is 3.23. The quantitative estimate of drug-likeness (QED) is 0.320. The first-order valence-electron chi connectivity index (χ1n) is 9.49. The zero-order chi connectivity index (χ0) is 21.2. The lowest BCUT2D eigenvalue weighted by Crippen LogP contribution is -2.15. The van der Waals surface area contributed by atoms with Gasteiger partial charge in [0, 0.05) is 22.5 Å². The van der Waals surface area contributed by atoms with Gasteiger partial charge in [-0.3, -0.25) is 13.8 Å². The molecule has 154 valence electrons. The highest BCUT2D eigenvalue weighted by molar-refractivity contribution is 9.10. The molecule has 0 aliphatic heterocycles. The van der Waals surface area contributed by atoms with Crippen LogP contribution in [0, 0.1) is 0 Å². The average molecular weight is 494 g/mol. The van der Waals surface area contributed by atoms with E-state index in [1.807, 2.05) is 47.0 Å². The Hall–Kier alpha value is -3.17. The van der Waals surface area contributed by atoms with Crippen LogP contribution in [0.3, 0.4) is 0 Å². The molecule has 0 spiro atoms. The van der Waals surface area contributed by atoms with Crippen LogP contribution in [0.15, 0.2) is 92.0 Å². The molecule has 9 heteroatoms. The first-order chi connectivity index (χ1) is 15.2. The minimum Gasteiger partial charge on any atom is -0.461 e. The first kappa shape index (κ1) is 19.8. The number of rotatable bonds is 6. The Morgan fingerprint density at radius 1 is 1.03 bits per heavy atom. The molecule has 0 unspecified atom stereocenters. The van der Waals surface area contributed by atoms with E-state index in [0.29, 0.717) is 35.2 Å². The molecule has 0 N–H and O–H groups in total. The van der Waals surface area contributed by atoms with Crippen LogP contribution >= 0.6 is 27.7 Å². The topological polar surface area (TPSA) is 78.2 Å². The van der Waals surface area contributed by atoms with Crippen molar-refractivity contribution < 1.29 is 4.42 Å². The van der Waals surface area contributed by atoms with E-state index in [9.17, 15) is 4.79 Å². The van der Waals surface area contributed by atoms with Crippen LogP contribution in [0.1, 0.15) is 11.3 Å². The molecule has 1 aromatic carbocycles. The van der Waals surface area contributed by atoms with E-state index in [4.69, 9.17) is 4.42 Å². The lowest BCUT2D eigenvalue weighted by Gasteiger charge is -2.09. The highest BCUT2D eigenvalue weighted by atomic mass is 79.9. The largest absolute Gasteiger partial charge is 0.461 e. The molecule has 0 saturated heterocycles. The highest BCUT2D eigenvalue weighted by Crippen LogP contribution is 2.27. The van der Waals surface area contributed by atoms with Crippen molar-refractivity contribution in [2.24, 2.45) is 0 Å². The summed E-state index contributed by atoms with van der Waals surface area (Å²) in [6.07, 6.45) is 3.34. The Labute approximate surface area is 189 Å². The van der Waals surface area contributed by atoms with E-state index in [1.165, 1.54) is 16.2 Å². The van der Waals surface area contributed by atoms with Gasteiger partial charge in [0.15, 0.2) is 10.9 Å². The molecule has 0 radical (unpaired) electrons. The van der Waals surface area contributed by atoms with Gasteiger partial charge in [-0.2, -0.15) is 0 Å². The van der Waals surface area contributed by atoms with Gasteiger partial charge in [0.25, 0.3) is 5.56 Å². The van der Waals surface area contributed by atoms with Gasteiger partial charge in [-0.25, -0.2) is 4.98 Å². The second-order valence-electron chi connectivity index (χ2n) is 6.81. The van der Waals surface area contributed by atoms with Crippen molar-refractivity contribution in [3.63, 3.8) is 0 Å². The van der Waals surface area contributed by atoms with Gasteiger partial charge in [-0.05, 0) is 45.8 Å². The molecule has 5 aromatic rings. The molecule has 0 atom stereocenters. The number of hydrogen-bond donors (Lipinski definition) is 0. The summed E-state index contributed by atoms with van der Waals surface area (Å²) in [7, 11) is 0. The van der Waals surface area contributed by atoms with E-state index in [-0.39, 0.29) is 5.56 Å². The van der Waals surface area contributed by atoms with Crippen LogP contribution in [-0.2, 0) is 12.3 Å². The van der Waals surface area contributed by atoms with Gasteiger partial charge in [0.2, 0.25) is 5.82 Å². The number of nitrogens with zero attached hydrogens (tertiary/aromatic N) is 5. The molecule has 4 heterocycles. The maximum atomic E-state index is 12.5. The number of halogens is 1. The third-order valence-corrected chi connectivity index (χ3v) is 6.14. The van der Waals surface area contributed by atoms with Crippen molar-refractivity contribution in [2.75, 3.05) is 0 Å². The number of furan rings is 1. The summed E-state index contributed by atoms with van der Waals surface area (Å²) >= 11 is 4.87. The molecule has 0 fully saturated rings. The fourth-order valence-corrected chi connectivity index (χ4v) is 4.40. The summed E-state index contributed by atoms with van der Waals surface area (Å²) in [5.41, 5.74) is 2.30. The van der Waals surface area contributed by atoms with Gasteiger partial charge < -0.3 is 4.42 Å². The van der Waals surface area contributed by atoms with Crippen LogP contribution in [0.25, 0.3) is 17.2 Å². The lowest BCUT2D eigenvalue weighted by molar-refractivity contribution is 0.569. The normalized spacial score (nSPS) is 11.3. The summed E-state index contributed by atoms with van der Waals surface area (Å²) in [5, 5.41) is 9.46. The van der Waals surface area contributed by atoms with Crippen LogP contribution in [0.2, 0.25) is 0 Å². The van der Waals surface area contributed by atoms with Crippen molar-refractivity contribution in [3.05, 3.63) is 99.2 Å². The predicted molar refractivity (Wildman–Crippen MR) is 122 cm³/mol. The van der Waals surface area contributed by atoms with Crippen molar-refractivity contribution >= 4 is 33.3 Å². The first-order valence-corrected chi connectivity index (χ1v) is 11.3. The SMILES string of the molecule is O=c1cc(CSc2nnc(-c3ccco3)n2Cc2ccccc2)nc2ccc(Br)cn12. The summed E-state index contributed by atoms with van der Waals surface area (Å²) < 4.78 is 9.92. The minimum atomic E-state index is -0.121. The molecule has 4 aromatic heterocycles. The van der Waals surface area contributed by atoms with Crippen LogP contribution in [-0.4, -0.2) is 24.1 Å². The van der Waals surface area contributed by atoms with E-state index < -0.39 is 0 Å². The molecular weight excluding hydrogens is 478 g/mol. The summed E-state index contributed by atoms with van der Waals surface area (Å²) in [6.45, 7) is 0.605. The summed E-state index contributed by atoms with van der Waals surface area (Å²) in [4.78, 5) is 17.1. The van der Waals surface area contributed by atoms with E-state index in [1.54, 1.807) is 18.5 Å². The Kier molecular flexibility index (Phi) is 5.44. The molecular formula is C22H16BrN5O2S. The monoisotopic (exact) mass is 493 g/mol. The second-order valence-corrected chi connectivity index (χ2v) is 8.66. The Morgan fingerprint density at radius 3 is 2.71 bits per heavy atom. The number of benzene rings is 1. The van der Waals surface area contributed by atoms with Crippen LogP contribution < -0.4 is 5.56 Å². The molecule has 0 bridgehead atoms.